The van der Waals surface area contributed by atoms with Gasteiger partial charge in [-0.15, -0.1) is 166 Å². The van der Waals surface area contributed by atoms with Gasteiger partial charge in [-0.2, -0.15) is 0 Å². The van der Waals surface area contributed by atoms with Gasteiger partial charge in [0, 0.05) is 73.1 Å². The molecule has 0 saturated heterocycles. The van der Waals surface area contributed by atoms with Crippen LogP contribution in [-0.2, 0) is 46.6 Å². The monoisotopic (exact) mass is 1390 g/mol. The first-order valence-corrected chi connectivity index (χ1v) is 30.0. The molecule has 0 aliphatic heterocycles. The molecule has 0 aliphatic carbocycles. The van der Waals surface area contributed by atoms with Crippen LogP contribution in [0.4, 0.5) is 0 Å². The zero-order valence-corrected chi connectivity index (χ0v) is 50.4. The summed E-state index contributed by atoms with van der Waals surface area (Å²) in [6.45, 7) is 11.7. The van der Waals surface area contributed by atoms with Crippen LogP contribution in [0.15, 0.2) is 231 Å². The molecule has 0 unspecified atom stereocenters. The van der Waals surface area contributed by atoms with Crippen molar-refractivity contribution in [1.29, 1.82) is 0 Å². The molecular weight excluding hydrogens is 1340 g/mol. The van der Waals surface area contributed by atoms with E-state index in [4.69, 9.17) is 9.97 Å². The number of rotatable bonds is 9. The number of hydrogen-bond acceptors (Lipinski definition) is 6. The molecule has 0 aliphatic rings. The van der Waals surface area contributed by atoms with Gasteiger partial charge in [0.1, 0.15) is 9.66 Å². The van der Waals surface area contributed by atoms with Crippen molar-refractivity contribution in [3.63, 3.8) is 0 Å². The van der Waals surface area contributed by atoms with Gasteiger partial charge in [-0.1, -0.05) is 142 Å². The molecule has 4 nitrogen and oxygen atoms in total. The van der Waals surface area contributed by atoms with Gasteiger partial charge < -0.3 is 9.97 Å². The predicted octanol–water partition coefficient (Wildman–Crippen LogP) is 17.7. The third-order valence-electron chi connectivity index (χ3n) is 11.9. The average Bonchev–Trinajstić information content (AvgIpc) is 4.10. The van der Waals surface area contributed by atoms with Gasteiger partial charge in [-0.05, 0) is 69.6 Å². The molecule has 9 heteroatoms. The Labute approximate surface area is 484 Å². The summed E-state index contributed by atoms with van der Waals surface area (Å²) >= 11 is 3.47. The summed E-state index contributed by atoms with van der Waals surface area (Å²) in [5, 5.41) is 3.88. The molecular formula is C67H56Ir2N4S2Si-4. The van der Waals surface area contributed by atoms with Crippen LogP contribution in [0.25, 0.3) is 86.3 Å². The third-order valence-corrected chi connectivity index (χ3v) is 16.2. The maximum Gasteiger partial charge on any atom is 0.113 e. The topological polar surface area (TPSA) is 51.6 Å². The van der Waals surface area contributed by atoms with Gasteiger partial charge in [0.25, 0.3) is 0 Å². The molecule has 0 saturated carbocycles. The largest absolute Gasteiger partial charge is 0.305 e. The second-order valence-corrected chi connectivity index (χ2v) is 26.1. The number of nitrogens with zero attached hydrogens (tertiary/aromatic N) is 4. The number of fused-ring (bicyclic) bond motifs is 2. The second-order valence-electron chi connectivity index (χ2n) is 19.0. The van der Waals surface area contributed by atoms with E-state index < -0.39 is 8.07 Å². The van der Waals surface area contributed by atoms with Crippen molar-refractivity contribution in [3.8, 4) is 65.9 Å². The number of thiophene rings is 2. The van der Waals surface area contributed by atoms with Crippen LogP contribution in [0.5, 0.6) is 0 Å². The van der Waals surface area contributed by atoms with E-state index in [0.717, 1.165) is 61.1 Å². The van der Waals surface area contributed by atoms with Crippen molar-refractivity contribution >= 4 is 56.4 Å². The van der Waals surface area contributed by atoms with Gasteiger partial charge >= 0.3 is 0 Å². The Balaban J connectivity index is 0.000000149. The molecule has 0 fully saturated rings. The normalized spacial score (nSPS) is 10.7. The number of pyridine rings is 4. The second kappa shape index (κ2) is 27.9. The summed E-state index contributed by atoms with van der Waals surface area (Å²) in [6, 6.07) is 86.5. The molecule has 0 bridgehead atoms. The molecule has 0 spiro atoms. The van der Waals surface area contributed by atoms with E-state index in [-0.39, 0.29) is 40.2 Å². The molecule has 2 radical (unpaired) electrons. The Bertz CT molecular complexity index is 3370. The predicted molar refractivity (Wildman–Crippen MR) is 317 cm³/mol. The number of aromatic nitrogens is 4. The quantitative estimate of drug-likeness (QED) is 0.107. The minimum atomic E-state index is -1.34. The van der Waals surface area contributed by atoms with Gasteiger partial charge in [-0.25, -0.2) is 0 Å². The molecule has 12 rings (SSSR count). The maximum absolute atomic E-state index is 4.78. The molecule has 6 heterocycles. The fourth-order valence-corrected chi connectivity index (χ4v) is 11.9. The van der Waals surface area contributed by atoms with E-state index in [2.05, 4.69) is 171 Å². The Hall–Kier alpha value is -6.64. The first kappa shape index (κ1) is 57.1. The maximum atomic E-state index is 4.78. The Morgan fingerprint density at radius 3 is 1.25 bits per heavy atom. The summed E-state index contributed by atoms with van der Waals surface area (Å²) in [6.07, 6.45) is 5.03. The molecule has 76 heavy (non-hydrogen) atoms. The standard InChI is InChI=1S/2C19H12NS.C18H24NSi.C11H8N.2Ir/c2*1-3-7-14(8-4-1)17-12-11-16-13-18(21-19(16)20-17)15-9-5-2-6-10-15;1-14(2)11-16-12-17(15-9-7-6-8-10-15)19-13-18(16)20(3,4)5;1-2-6-10(7-3-1)11-8-4-5-9-12-11;;/h2*1-7,9-13H;6-9,12-14H,11H2,1-5H3;1-6,8-9H;;/q4*-1;;. The average molecular weight is 1390 g/mol. The smallest absolute Gasteiger partial charge is 0.113 e. The summed E-state index contributed by atoms with van der Waals surface area (Å²) in [4.78, 5) is 23.1. The van der Waals surface area contributed by atoms with Crippen molar-refractivity contribution in [3.05, 3.63) is 261 Å². The Morgan fingerprint density at radius 2 is 0.855 bits per heavy atom. The van der Waals surface area contributed by atoms with Gasteiger partial charge in [0.2, 0.25) is 0 Å². The summed E-state index contributed by atoms with van der Waals surface area (Å²) < 4.78 is 0. The SMILES string of the molecule is CC(C)Cc1cc(-c2[c-]cccc2)ncc1[Si](C)(C)C.[Ir].[Ir].[c-]1ccccc1-c1ccc2cc(-c3ccccc3)sc2n1.[c-]1ccccc1-c1ccc2cc(-c3ccccc3)sc2n1.[c-]1ccccc1-c1ccccn1. The zero-order chi connectivity index (χ0) is 51.1. The summed E-state index contributed by atoms with van der Waals surface area (Å²) in [5.41, 5.74) is 12.1. The number of benzene rings is 6. The van der Waals surface area contributed by atoms with Crippen LogP contribution in [0.2, 0.25) is 19.6 Å². The molecule has 0 atom stereocenters. The van der Waals surface area contributed by atoms with Crippen molar-refractivity contribution in [1.82, 2.24) is 19.9 Å². The molecule has 382 valence electrons. The molecule has 0 amide bonds. The molecule has 6 aromatic carbocycles. The summed E-state index contributed by atoms with van der Waals surface area (Å²) in [5.74, 6) is 0.667. The molecule has 6 aromatic heterocycles. The van der Waals surface area contributed by atoms with Crippen molar-refractivity contribution in [2.45, 2.75) is 39.9 Å². The van der Waals surface area contributed by atoms with Crippen LogP contribution >= 0.6 is 22.7 Å². The van der Waals surface area contributed by atoms with Crippen LogP contribution < -0.4 is 5.19 Å². The third kappa shape index (κ3) is 15.5. The van der Waals surface area contributed by atoms with Gasteiger partial charge in [-0.3, -0.25) is 9.97 Å². The van der Waals surface area contributed by atoms with E-state index in [1.807, 2.05) is 121 Å². The van der Waals surface area contributed by atoms with Crippen LogP contribution in [0.3, 0.4) is 0 Å². The molecule has 0 N–H and O–H groups in total. The van der Waals surface area contributed by atoms with E-state index in [1.165, 1.54) is 42.4 Å². The molecule has 12 aromatic rings. The fourth-order valence-electron chi connectivity index (χ4n) is 8.29. The van der Waals surface area contributed by atoms with E-state index in [9.17, 15) is 0 Å². The van der Waals surface area contributed by atoms with Crippen molar-refractivity contribution in [2.75, 3.05) is 0 Å². The van der Waals surface area contributed by atoms with Crippen molar-refractivity contribution in [2.24, 2.45) is 5.92 Å². The van der Waals surface area contributed by atoms with Crippen LogP contribution in [0, 0.1) is 30.2 Å². The van der Waals surface area contributed by atoms with Gasteiger partial charge in [0.05, 0.1) is 8.07 Å². The number of hydrogen-bond donors (Lipinski definition) is 0. The van der Waals surface area contributed by atoms with E-state index in [1.54, 1.807) is 28.9 Å². The van der Waals surface area contributed by atoms with E-state index >= 15 is 0 Å². The van der Waals surface area contributed by atoms with Gasteiger partial charge in [0.15, 0.2) is 0 Å². The Kier molecular flexibility index (Phi) is 21.0. The van der Waals surface area contributed by atoms with Crippen molar-refractivity contribution < 1.29 is 40.2 Å². The minimum Gasteiger partial charge on any atom is -0.305 e. The van der Waals surface area contributed by atoms with Crippen LogP contribution in [-0.4, -0.2) is 28.0 Å². The van der Waals surface area contributed by atoms with Crippen LogP contribution in [0.1, 0.15) is 19.4 Å². The fraction of sp³-hybridized carbons (Fsp3) is 0.104. The zero-order valence-electron chi connectivity index (χ0n) is 43.0. The first-order chi connectivity index (χ1) is 36.1. The van der Waals surface area contributed by atoms with E-state index in [0.29, 0.717) is 5.92 Å². The Morgan fingerprint density at radius 1 is 0.434 bits per heavy atom. The minimum absolute atomic E-state index is 0. The first-order valence-electron chi connectivity index (χ1n) is 24.9. The summed E-state index contributed by atoms with van der Waals surface area (Å²) in [7, 11) is -1.34.